The van der Waals surface area contributed by atoms with Crippen LogP contribution in [-0.2, 0) is 0 Å². The van der Waals surface area contributed by atoms with Gasteiger partial charge >= 0.3 is 0 Å². The molecule has 0 rings (SSSR count). The van der Waals surface area contributed by atoms with Crippen molar-refractivity contribution in [2.75, 3.05) is 11.8 Å². The highest BCUT2D eigenvalue weighted by molar-refractivity contribution is 6.19. The summed E-state index contributed by atoms with van der Waals surface area (Å²) in [5.74, 6) is 1.11. The SMILES string of the molecule is C=CCCl.C=CCCl.O. The van der Waals surface area contributed by atoms with Crippen molar-refractivity contribution in [2.24, 2.45) is 0 Å². The number of hydrogen-bond acceptors (Lipinski definition) is 0. The van der Waals surface area contributed by atoms with Gasteiger partial charge in [0.25, 0.3) is 0 Å². The zero-order valence-electron chi connectivity index (χ0n) is 5.24. The van der Waals surface area contributed by atoms with E-state index in [2.05, 4.69) is 13.2 Å². The van der Waals surface area contributed by atoms with E-state index in [1.165, 1.54) is 0 Å². The van der Waals surface area contributed by atoms with Crippen LogP contribution >= 0.6 is 23.2 Å². The van der Waals surface area contributed by atoms with E-state index in [0.717, 1.165) is 0 Å². The Morgan fingerprint density at radius 3 is 1.11 bits per heavy atom. The largest absolute Gasteiger partial charge is 0.412 e. The van der Waals surface area contributed by atoms with Crippen molar-refractivity contribution in [3.8, 4) is 0 Å². The molecular formula is C6H12Cl2O. The first kappa shape index (κ1) is 16.0. The Morgan fingerprint density at radius 1 is 1.00 bits per heavy atom. The van der Waals surface area contributed by atoms with Crippen LogP contribution in [-0.4, -0.2) is 17.2 Å². The van der Waals surface area contributed by atoms with E-state index in [0.29, 0.717) is 11.8 Å². The topological polar surface area (TPSA) is 31.5 Å². The fourth-order valence-corrected chi connectivity index (χ4v) is 0. The van der Waals surface area contributed by atoms with E-state index in [1.54, 1.807) is 12.2 Å². The molecule has 0 aromatic rings. The third-order valence-electron chi connectivity index (χ3n) is 0.218. The molecule has 0 unspecified atom stereocenters. The van der Waals surface area contributed by atoms with Gasteiger partial charge < -0.3 is 5.48 Å². The standard InChI is InChI=1S/2C3H5Cl.H2O/c2*1-2-3-4;/h2*2H,1,3H2;1H2. The van der Waals surface area contributed by atoms with Crippen molar-refractivity contribution >= 4 is 23.2 Å². The Labute approximate surface area is 66.3 Å². The van der Waals surface area contributed by atoms with Crippen LogP contribution in [0.15, 0.2) is 25.3 Å². The minimum atomic E-state index is 0. The van der Waals surface area contributed by atoms with Crippen molar-refractivity contribution in [2.45, 2.75) is 0 Å². The molecule has 0 heterocycles. The minimum absolute atomic E-state index is 0. The van der Waals surface area contributed by atoms with Crippen LogP contribution in [0.1, 0.15) is 0 Å². The summed E-state index contributed by atoms with van der Waals surface area (Å²) >= 11 is 10.1. The summed E-state index contributed by atoms with van der Waals surface area (Å²) in [6.45, 7) is 6.69. The normalized spacial score (nSPS) is 5.56. The predicted molar refractivity (Wildman–Crippen MR) is 45.4 cm³/mol. The van der Waals surface area contributed by atoms with E-state index >= 15 is 0 Å². The number of alkyl halides is 2. The molecule has 0 aliphatic rings. The summed E-state index contributed by atoms with van der Waals surface area (Å²) in [6.07, 6.45) is 3.28. The summed E-state index contributed by atoms with van der Waals surface area (Å²) in [6, 6.07) is 0. The Kier molecular flexibility index (Phi) is 43.5. The maximum atomic E-state index is 5.07. The van der Waals surface area contributed by atoms with E-state index < -0.39 is 0 Å². The van der Waals surface area contributed by atoms with E-state index in [4.69, 9.17) is 23.2 Å². The smallest absolute Gasteiger partial charge is 0.0401 e. The first-order chi connectivity index (χ1) is 3.83. The van der Waals surface area contributed by atoms with Gasteiger partial charge in [0, 0.05) is 11.8 Å². The molecule has 0 aliphatic carbocycles. The van der Waals surface area contributed by atoms with Gasteiger partial charge in [-0.15, -0.1) is 36.4 Å². The molecule has 0 spiro atoms. The summed E-state index contributed by atoms with van der Waals surface area (Å²) in [7, 11) is 0. The molecule has 1 nitrogen and oxygen atoms in total. The molecule has 0 saturated carbocycles. The third-order valence-corrected chi connectivity index (χ3v) is 0.655. The first-order valence-electron chi connectivity index (χ1n) is 2.17. The molecule has 2 N–H and O–H groups in total. The van der Waals surface area contributed by atoms with Crippen molar-refractivity contribution in [3.05, 3.63) is 25.3 Å². The lowest BCUT2D eigenvalue weighted by Crippen LogP contribution is -1.45. The second kappa shape index (κ2) is 24.5. The fourth-order valence-electron chi connectivity index (χ4n) is 0. The monoisotopic (exact) mass is 170 g/mol. The fraction of sp³-hybridized carbons (Fsp3) is 0.333. The maximum Gasteiger partial charge on any atom is 0.0401 e. The van der Waals surface area contributed by atoms with Gasteiger partial charge in [-0.2, -0.15) is 0 Å². The van der Waals surface area contributed by atoms with Crippen LogP contribution in [0.5, 0.6) is 0 Å². The van der Waals surface area contributed by atoms with Gasteiger partial charge in [0.2, 0.25) is 0 Å². The van der Waals surface area contributed by atoms with E-state index in [1.807, 2.05) is 0 Å². The molecular weight excluding hydrogens is 159 g/mol. The first-order valence-corrected chi connectivity index (χ1v) is 3.24. The van der Waals surface area contributed by atoms with Gasteiger partial charge in [0.1, 0.15) is 0 Å². The Morgan fingerprint density at radius 2 is 1.11 bits per heavy atom. The molecule has 0 atom stereocenters. The van der Waals surface area contributed by atoms with E-state index in [9.17, 15) is 0 Å². The van der Waals surface area contributed by atoms with Crippen LogP contribution in [0.3, 0.4) is 0 Å². The van der Waals surface area contributed by atoms with Crippen LogP contribution in [0.25, 0.3) is 0 Å². The van der Waals surface area contributed by atoms with Gasteiger partial charge in [-0.25, -0.2) is 0 Å². The molecule has 0 aromatic carbocycles. The predicted octanol–water partition coefficient (Wildman–Crippen LogP) is 2.00. The number of allylic oxidation sites excluding steroid dienone is 2. The van der Waals surface area contributed by atoms with Crippen LogP contribution < -0.4 is 0 Å². The molecule has 0 bridgehead atoms. The van der Waals surface area contributed by atoms with Gasteiger partial charge in [0.05, 0.1) is 0 Å². The molecule has 0 amide bonds. The zero-order chi connectivity index (χ0) is 6.83. The third kappa shape index (κ3) is 71.2. The number of rotatable bonds is 2. The highest BCUT2D eigenvalue weighted by atomic mass is 35.5. The Bertz CT molecular complexity index is 47.0. The van der Waals surface area contributed by atoms with Crippen LogP contribution in [0.4, 0.5) is 0 Å². The molecule has 0 fully saturated rings. The number of hydrogen-bond donors (Lipinski definition) is 0. The maximum absolute atomic E-state index is 5.07. The summed E-state index contributed by atoms with van der Waals surface area (Å²) in [4.78, 5) is 0. The second-order valence-corrected chi connectivity index (χ2v) is 1.50. The molecule has 56 valence electrons. The van der Waals surface area contributed by atoms with Crippen molar-refractivity contribution < 1.29 is 5.48 Å². The lowest BCUT2D eigenvalue weighted by molar-refractivity contribution is 0.824. The van der Waals surface area contributed by atoms with Crippen LogP contribution in [0, 0.1) is 0 Å². The highest BCUT2D eigenvalue weighted by Gasteiger charge is 1.48. The quantitative estimate of drug-likeness (QED) is 0.449. The number of halogens is 2. The van der Waals surface area contributed by atoms with Gasteiger partial charge in [-0.05, 0) is 0 Å². The van der Waals surface area contributed by atoms with Crippen molar-refractivity contribution in [1.82, 2.24) is 0 Å². The van der Waals surface area contributed by atoms with E-state index in [-0.39, 0.29) is 5.48 Å². The average Bonchev–Trinajstić information content (AvgIpc) is 1.88. The zero-order valence-corrected chi connectivity index (χ0v) is 6.75. The average molecular weight is 171 g/mol. The molecule has 0 aliphatic heterocycles. The Hall–Kier alpha value is 0.0200. The summed E-state index contributed by atoms with van der Waals surface area (Å²) in [5, 5.41) is 0. The Balaban J connectivity index is -0.0000000720. The molecule has 9 heavy (non-hydrogen) atoms. The highest BCUT2D eigenvalue weighted by Crippen LogP contribution is 1.67. The lowest BCUT2D eigenvalue weighted by Gasteiger charge is -1.55. The van der Waals surface area contributed by atoms with Gasteiger partial charge in [0.15, 0.2) is 0 Å². The van der Waals surface area contributed by atoms with Crippen molar-refractivity contribution in [3.63, 3.8) is 0 Å². The molecule has 3 heteroatoms. The van der Waals surface area contributed by atoms with Gasteiger partial charge in [-0.1, -0.05) is 12.2 Å². The lowest BCUT2D eigenvalue weighted by atomic mass is 10.8. The van der Waals surface area contributed by atoms with Gasteiger partial charge in [-0.3, -0.25) is 0 Å². The molecule has 0 radical (unpaired) electrons. The summed E-state index contributed by atoms with van der Waals surface area (Å²) in [5.41, 5.74) is 0. The molecule has 0 saturated heterocycles. The second-order valence-electron chi connectivity index (χ2n) is 0.886. The minimum Gasteiger partial charge on any atom is -0.412 e. The summed E-state index contributed by atoms with van der Waals surface area (Å²) < 4.78 is 0. The van der Waals surface area contributed by atoms with Crippen LogP contribution in [0.2, 0.25) is 0 Å². The molecule has 0 aromatic heterocycles. The van der Waals surface area contributed by atoms with Crippen molar-refractivity contribution in [1.29, 1.82) is 0 Å².